The zero-order valence-electron chi connectivity index (χ0n) is 13.4. The van der Waals surface area contributed by atoms with Crippen molar-refractivity contribution in [1.82, 2.24) is 19.5 Å². The molecule has 0 aromatic carbocycles. The van der Waals surface area contributed by atoms with Crippen molar-refractivity contribution in [1.29, 1.82) is 0 Å². The van der Waals surface area contributed by atoms with Crippen molar-refractivity contribution in [2.24, 2.45) is 0 Å². The first kappa shape index (κ1) is 15.0. The highest BCUT2D eigenvalue weighted by Gasteiger charge is 2.16. The number of hydrogen-bond acceptors (Lipinski definition) is 5. The molecule has 0 atom stereocenters. The Hall–Kier alpha value is -1.92. The molecule has 0 bridgehead atoms. The van der Waals surface area contributed by atoms with Gasteiger partial charge in [-0.2, -0.15) is 9.61 Å². The van der Waals surface area contributed by atoms with Gasteiger partial charge in [-0.15, -0.1) is 11.3 Å². The van der Waals surface area contributed by atoms with Crippen LogP contribution in [0.1, 0.15) is 11.4 Å². The van der Waals surface area contributed by atoms with Crippen LogP contribution in [0, 0.1) is 13.8 Å². The maximum Gasteiger partial charge on any atom is 0.166 e. The number of anilines is 1. The van der Waals surface area contributed by atoms with Crippen molar-refractivity contribution in [2.45, 2.75) is 13.8 Å². The number of aryl methyl sites for hydroxylation is 2. The predicted molar refractivity (Wildman–Crippen MR) is 92.8 cm³/mol. The Balaban J connectivity index is 2.06. The molecule has 0 aliphatic rings. The summed E-state index contributed by atoms with van der Waals surface area (Å²) < 4.78 is 1.92. The summed E-state index contributed by atoms with van der Waals surface area (Å²) in [5, 5.41) is 10.2. The van der Waals surface area contributed by atoms with Crippen LogP contribution in [0.2, 0.25) is 0 Å². The minimum absolute atomic E-state index is 0.874. The Morgan fingerprint density at radius 2 is 2.14 bits per heavy atom. The quantitative estimate of drug-likeness (QED) is 0.786. The first-order valence-electron chi connectivity index (χ1n) is 7.35. The highest BCUT2D eigenvalue weighted by molar-refractivity contribution is 7.13. The van der Waals surface area contributed by atoms with Crippen molar-refractivity contribution < 1.29 is 0 Å². The fourth-order valence-corrected chi connectivity index (χ4v) is 3.31. The van der Waals surface area contributed by atoms with E-state index in [1.807, 2.05) is 24.4 Å². The van der Waals surface area contributed by atoms with Gasteiger partial charge in [0.2, 0.25) is 0 Å². The summed E-state index contributed by atoms with van der Waals surface area (Å²) in [4.78, 5) is 8.08. The minimum atomic E-state index is 0.874. The van der Waals surface area contributed by atoms with E-state index < -0.39 is 0 Å². The number of fused-ring (bicyclic) bond motifs is 1. The molecule has 3 heterocycles. The second-order valence-corrected chi connectivity index (χ2v) is 6.63. The van der Waals surface area contributed by atoms with Gasteiger partial charge >= 0.3 is 0 Å². The average Bonchev–Trinajstić information content (AvgIpc) is 3.05. The van der Waals surface area contributed by atoms with E-state index in [0.717, 1.165) is 41.5 Å². The van der Waals surface area contributed by atoms with Crippen LogP contribution in [-0.4, -0.2) is 46.7 Å². The number of likely N-dealkylation sites (N-methyl/N-ethyl adjacent to an activating group) is 1. The van der Waals surface area contributed by atoms with Gasteiger partial charge in [0.05, 0.1) is 11.3 Å². The Morgan fingerprint density at radius 3 is 2.82 bits per heavy atom. The van der Waals surface area contributed by atoms with Crippen molar-refractivity contribution >= 4 is 22.8 Å². The second-order valence-electron chi connectivity index (χ2n) is 5.69. The van der Waals surface area contributed by atoms with Crippen LogP contribution in [0.4, 0.5) is 5.82 Å². The number of thiophene rings is 1. The summed E-state index contributed by atoms with van der Waals surface area (Å²) in [7, 11) is 4.14. The minimum Gasteiger partial charge on any atom is -0.369 e. The third-order valence-electron chi connectivity index (χ3n) is 3.52. The van der Waals surface area contributed by atoms with E-state index in [1.54, 1.807) is 11.3 Å². The zero-order valence-corrected chi connectivity index (χ0v) is 14.2. The monoisotopic (exact) mass is 315 g/mol. The Bertz CT molecular complexity index is 774. The standard InChI is InChI=1S/C16H21N5S/c1-11-10-14(17-7-8-20(3)4)21-16(18-11)15(12(2)19-21)13-6-5-9-22-13/h5-6,9-10,17H,7-8H2,1-4H3. The fraction of sp³-hybridized carbons (Fsp3) is 0.375. The van der Waals surface area contributed by atoms with Gasteiger partial charge in [0, 0.05) is 29.7 Å². The van der Waals surface area contributed by atoms with Crippen molar-refractivity contribution in [3.8, 4) is 10.4 Å². The van der Waals surface area contributed by atoms with Crippen LogP contribution in [0.5, 0.6) is 0 Å². The van der Waals surface area contributed by atoms with Gasteiger partial charge in [0.1, 0.15) is 5.82 Å². The Labute approximate surface area is 134 Å². The highest BCUT2D eigenvalue weighted by atomic mass is 32.1. The maximum atomic E-state index is 4.71. The first-order chi connectivity index (χ1) is 10.6. The lowest BCUT2D eigenvalue weighted by Crippen LogP contribution is -2.21. The molecule has 116 valence electrons. The summed E-state index contributed by atoms with van der Waals surface area (Å²) in [6.45, 7) is 5.92. The Morgan fingerprint density at radius 1 is 1.32 bits per heavy atom. The van der Waals surface area contributed by atoms with Crippen molar-refractivity contribution in [3.63, 3.8) is 0 Å². The van der Waals surface area contributed by atoms with E-state index in [2.05, 4.69) is 41.8 Å². The summed E-state index contributed by atoms with van der Waals surface area (Å²) in [5.74, 6) is 0.996. The summed E-state index contributed by atoms with van der Waals surface area (Å²) in [5.41, 5.74) is 4.07. The topological polar surface area (TPSA) is 45.5 Å². The van der Waals surface area contributed by atoms with Crippen LogP contribution in [0.3, 0.4) is 0 Å². The van der Waals surface area contributed by atoms with Gasteiger partial charge in [-0.05, 0) is 39.4 Å². The van der Waals surface area contributed by atoms with Crippen LogP contribution >= 0.6 is 11.3 Å². The van der Waals surface area contributed by atoms with Crippen molar-refractivity contribution in [3.05, 3.63) is 35.0 Å². The largest absolute Gasteiger partial charge is 0.369 e. The van der Waals surface area contributed by atoms with Crippen LogP contribution < -0.4 is 5.32 Å². The third-order valence-corrected chi connectivity index (χ3v) is 4.41. The summed E-state index contributed by atoms with van der Waals surface area (Å²) >= 11 is 1.72. The molecule has 0 spiro atoms. The maximum absolute atomic E-state index is 4.71. The molecule has 0 saturated carbocycles. The van der Waals surface area contributed by atoms with Crippen molar-refractivity contribution in [2.75, 3.05) is 32.5 Å². The van der Waals surface area contributed by atoms with Gasteiger partial charge in [-0.1, -0.05) is 6.07 Å². The smallest absolute Gasteiger partial charge is 0.166 e. The molecule has 0 radical (unpaired) electrons. The van der Waals surface area contributed by atoms with E-state index in [0.29, 0.717) is 0 Å². The molecule has 6 heteroatoms. The van der Waals surface area contributed by atoms with Crippen LogP contribution in [0.25, 0.3) is 16.1 Å². The van der Waals surface area contributed by atoms with Gasteiger partial charge in [-0.3, -0.25) is 0 Å². The van der Waals surface area contributed by atoms with Crippen LogP contribution in [-0.2, 0) is 0 Å². The molecule has 3 aromatic heterocycles. The summed E-state index contributed by atoms with van der Waals surface area (Å²) in [6, 6.07) is 6.24. The number of nitrogens with one attached hydrogen (secondary N) is 1. The molecule has 0 fully saturated rings. The van der Waals surface area contributed by atoms with Gasteiger partial charge in [0.25, 0.3) is 0 Å². The lowest BCUT2D eigenvalue weighted by atomic mass is 10.2. The molecule has 1 N–H and O–H groups in total. The molecule has 0 aliphatic heterocycles. The second kappa shape index (κ2) is 6.06. The summed E-state index contributed by atoms with van der Waals surface area (Å²) in [6.07, 6.45) is 0. The molecule has 5 nitrogen and oxygen atoms in total. The predicted octanol–water partition coefficient (Wildman–Crippen LogP) is 3.05. The first-order valence-corrected chi connectivity index (χ1v) is 8.23. The van der Waals surface area contributed by atoms with Gasteiger partial charge in [-0.25, -0.2) is 4.98 Å². The van der Waals surface area contributed by atoms with E-state index in [4.69, 9.17) is 10.1 Å². The molecular formula is C16H21N5S. The van der Waals surface area contributed by atoms with Gasteiger partial charge < -0.3 is 10.2 Å². The SMILES string of the molecule is Cc1cc(NCCN(C)C)n2nc(C)c(-c3cccs3)c2n1. The van der Waals surface area contributed by atoms with Gasteiger partial charge in [0.15, 0.2) is 5.65 Å². The molecular weight excluding hydrogens is 294 g/mol. The third kappa shape index (κ3) is 2.84. The van der Waals surface area contributed by atoms with Crippen LogP contribution in [0.15, 0.2) is 23.6 Å². The normalized spacial score (nSPS) is 11.5. The lowest BCUT2D eigenvalue weighted by molar-refractivity contribution is 0.425. The Kier molecular flexibility index (Phi) is 4.13. The number of nitrogens with zero attached hydrogens (tertiary/aromatic N) is 4. The lowest BCUT2D eigenvalue weighted by Gasteiger charge is -2.12. The molecule has 0 aliphatic carbocycles. The number of aromatic nitrogens is 3. The molecule has 0 unspecified atom stereocenters. The fourth-order valence-electron chi connectivity index (χ4n) is 2.49. The molecule has 3 aromatic rings. The van der Waals surface area contributed by atoms with E-state index in [1.165, 1.54) is 4.88 Å². The van der Waals surface area contributed by atoms with E-state index >= 15 is 0 Å². The van der Waals surface area contributed by atoms with E-state index in [-0.39, 0.29) is 0 Å². The number of hydrogen-bond donors (Lipinski definition) is 1. The molecule has 22 heavy (non-hydrogen) atoms. The highest BCUT2D eigenvalue weighted by Crippen LogP contribution is 2.32. The molecule has 3 rings (SSSR count). The zero-order chi connectivity index (χ0) is 15.7. The molecule has 0 amide bonds. The molecule has 0 saturated heterocycles. The average molecular weight is 315 g/mol. The van der Waals surface area contributed by atoms with E-state index in [9.17, 15) is 0 Å². The number of rotatable bonds is 5.